The number of hydrogen-bond donors (Lipinski definition) is 1. The normalized spacial score (nSPS) is 24.3. The number of hydrogen-bond acceptors (Lipinski definition) is 2. The van der Waals surface area contributed by atoms with E-state index < -0.39 is 0 Å². The molecule has 1 heterocycles. The van der Waals surface area contributed by atoms with E-state index in [-0.39, 0.29) is 0 Å². The topological polar surface area (TPSA) is 32.3 Å². The smallest absolute Gasteiger partial charge is 0.222 e. The van der Waals surface area contributed by atoms with Crippen LogP contribution in [0.25, 0.3) is 0 Å². The summed E-state index contributed by atoms with van der Waals surface area (Å²) < 4.78 is 0. The molecule has 19 heavy (non-hydrogen) atoms. The second kappa shape index (κ2) is 7.88. The van der Waals surface area contributed by atoms with Crippen LogP contribution in [0.5, 0.6) is 0 Å². The predicted octanol–water partition coefficient (Wildman–Crippen LogP) is 2.91. The van der Waals surface area contributed by atoms with E-state index in [4.69, 9.17) is 0 Å². The van der Waals surface area contributed by atoms with Gasteiger partial charge < -0.3 is 10.2 Å². The molecule has 1 amide bonds. The van der Waals surface area contributed by atoms with Gasteiger partial charge in [-0.05, 0) is 37.1 Å². The van der Waals surface area contributed by atoms with Crippen molar-refractivity contribution in [1.29, 1.82) is 0 Å². The molecule has 112 valence electrons. The van der Waals surface area contributed by atoms with Crippen LogP contribution in [0.3, 0.4) is 0 Å². The van der Waals surface area contributed by atoms with E-state index in [1.165, 1.54) is 12.8 Å². The summed E-state index contributed by atoms with van der Waals surface area (Å²) in [6.07, 6.45) is 3.05. The Morgan fingerprint density at radius 3 is 2.47 bits per heavy atom. The molecule has 0 saturated carbocycles. The van der Waals surface area contributed by atoms with Crippen LogP contribution in [-0.2, 0) is 4.79 Å². The van der Waals surface area contributed by atoms with Gasteiger partial charge in [0.15, 0.2) is 0 Å². The molecule has 2 atom stereocenters. The molecule has 3 nitrogen and oxygen atoms in total. The lowest BCUT2D eigenvalue weighted by molar-refractivity contribution is -0.133. The van der Waals surface area contributed by atoms with Gasteiger partial charge in [0.05, 0.1) is 0 Å². The molecule has 1 N–H and O–H groups in total. The van der Waals surface area contributed by atoms with Crippen molar-refractivity contribution < 1.29 is 4.79 Å². The van der Waals surface area contributed by atoms with E-state index in [0.717, 1.165) is 25.6 Å². The van der Waals surface area contributed by atoms with Crippen molar-refractivity contribution >= 4 is 5.91 Å². The maximum Gasteiger partial charge on any atom is 0.222 e. The second-order valence-corrected chi connectivity index (χ2v) is 6.73. The molecule has 1 aliphatic rings. The number of amides is 1. The number of nitrogens with one attached hydrogen (secondary N) is 1. The number of piperidine rings is 1. The first-order valence-corrected chi connectivity index (χ1v) is 7.95. The lowest BCUT2D eigenvalue weighted by atomic mass is 9.85. The maximum absolute atomic E-state index is 12.0. The van der Waals surface area contributed by atoms with Gasteiger partial charge in [-0.25, -0.2) is 0 Å². The van der Waals surface area contributed by atoms with E-state index in [2.05, 4.69) is 37.9 Å². The van der Waals surface area contributed by atoms with Crippen molar-refractivity contribution in [2.75, 3.05) is 19.6 Å². The van der Waals surface area contributed by atoms with Crippen LogP contribution in [-0.4, -0.2) is 36.5 Å². The van der Waals surface area contributed by atoms with Crippen LogP contribution >= 0.6 is 0 Å². The highest BCUT2D eigenvalue weighted by atomic mass is 16.2. The van der Waals surface area contributed by atoms with Gasteiger partial charge in [0.25, 0.3) is 0 Å². The van der Waals surface area contributed by atoms with Gasteiger partial charge in [-0.2, -0.15) is 0 Å². The highest BCUT2D eigenvalue weighted by molar-refractivity contribution is 5.76. The molecule has 1 rings (SSSR count). The highest BCUT2D eigenvalue weighted by Gasteiger charge is 2.30. The third kappa shape index (κ3) is 5.52. The van der Waals surface area contributed by atoms with Gasteiger partial charge in [0.1, 0.15) is 0 Å². The molecule has 0 spiro atoms. The van der Waals surface area contributed by atoms with Crippen molar-refractivity contribution in [2.45, 2.75) is 59.9 Å². The van der Waals surface area contributed by atoms with E-state index in [9.17, 15) is 4.79 Å². The standard InChI is InChI=1S/C16H32N2O/c1-6-16(19)18-10-14(13(4)5)9-15(11-18)17-8-7-12(2)3/h12-15,17H,6-11H2,1-5H3. The van der Waals surface area contributed by atoms with Crippen LogP contribution in [0.15, 0.2) is 0 Å². The zero-order valence-electron chi connectivity index (χ0n) is 13.4. The van der Waals surface area contributed by atoms with E-state index in [1.807, 2.05) is 6.92 Å². The molecule has 0 aromatic carbocycles. The average Bonchev–Trinajstić information content (AvgIpc) is 2.37. The van der Waals surface area contributed by atoms with Crippen LogP contribution in [0.2, 0.25) is 0 Å². The molecule has 1 fully saturated rings. The summed E-state index contributed by atoms with van der Waals surface area (Å²) >= 11 is 0. The third-order valence-corrected chi connectivity index (χ3v) is 4.24. The van der Waals surface area contributed by atoms with E-state index in [1.54, 1.807) is 0 Å². The Labute approximate surface area is 119 Å². The lowest BCUT2D eigenvalue weighted by Crippen LogP contribution is -2.52. The molecule has 0 radical (unpaired) electrons. The van der Waals surface area contributed by atoms with Crippen LogP contribution < -0.4 is 5.32 Å². The number of likely N-dealkylation sites (tertiary alicyclic amines) is 1. The minimum atomic E-state index is 0.306. The Morgan fingerprint density at radius 1 is 1.26 bits per heavy atom. The Bertz CT molecular complexity index is 276. The minimum absolute atomic E-state index is 0.306. The first-order chi connectivity index (χ1) is 8.93. The van der Waals surface area contributed by atoms with Crippen LogP contribution in [0.1, 0.15) is 53.9 Å². The van der Waals surface area contributed by atoms with Gasteiger partial charge in [0, 0.05) is 25.6 Å². The number of rotatable bonds is 6. The number of carbonyl (C=O) groups is 1. The molecule has 1 aliphatic heterocycles. The fourth-order valence-corrected chi connectivity index (χ4v) is 2.77. The van der Waals surface area contributed by atoms with Crippen molar-refractivity contribution in [1.82, 2.24) is 10.2 Å². The summed E-state index contributed by atoms with van der Waals surface area (Å²) in [6.45, 7) is 13.9. The summed E-state index contributed by atoms with van der Waals surface area (Å²) in [4.78, 5) is 14.0. The quantitative estimate of drug-likeness (QED) is 0.803. The second-order valence-electron chi connectivity index (χ2n) is 6.73. The molecule has 0 aromatic rings. The molecule has 0 aromatic heterocycles. The summed E-state index contributed by atoms with van der Waals surface area (Å²) in [6, 6.07) is 0.482. The molecular weight excluding hydrogens is 236 g/mol. The zero-order chi connectivity index (χ0) is 14.4. The molecular formula is C16H32N2O. The number of nitrogens with zero attached hydrogens (tertiary/aromatic N) is 1. The average molecular weight is 268 g/mol. The van der Waals surface area contributed by atoms with Gasteiger partial charge in [0.2, 0.25) is 5.91 Å². The van der Waals surface area contributed by atoms with Gasteiger partial charge >= 0.3 is 0 Å². The van der Waals surface area contributed by atoms with Crippen molar-refractivity contribution in [3.63, 3.8) is 0 Å². The zero-order valence-corrected chi connectivity index (χ0v) is 13.4. The fourth-order valence-electron chi connectivity index (χ4n) is 2.77. The van der Waals surface area contributed by atoms with Gasteiger partial charge in [-0.3, -0.25) is 4.79 Å². The predicted molar refractivity (Wildman–Crippen MR) is 81.1 cm³/mol. The largest absolute Gasteiger partial charge is 0.341 e. The molecule has 3 heteroatoms. The summed E-state index contributed by atoms with van der Waals surface area (Å²) in [5.74, 6) is 2.34. The minimum Gasteiger partial charge on any atom is -0.341 e. The van der Waals surface area contributed by atoms with Gasteiger partial charge in [-0.1, -0.05) is 34.6 Å². The third-order valence-electron chi connectivity index (χ3n) is 4.24. The fraction of sp³-hybridized carbons (Fsp3) is 0.938. The Hall–Kier alpha value is -0.570. The first-order valence-electron chi connectivity index (χ1n) is 7.95. The summed E-state index contributed by atoms with van der Waals surface area (Å²) in [5, 5.41) is 3.65. The number of carbonyl (C=O) groups excluding carboxylic acids is 1. The Morgan fingerprint density at radius 2 is 1.95 bits per heavy atom. The Balaban J connectivity index is 2.52. The summed E-state index contributed by atoms with van der Waals surface area (Å²) in [5.41, 5.74) is 0. The molecule has 1 saturated heterocycles. The monoisotopic (exact) mass is 268 g/mol. The van der Waals surface area contributed by atoms with Crippen molar-refractivity contribution in [3.8, 4) is 0 Å². The van der Waals surface area contributed by atoms with Gasteiger partial charge in [-0.15, -0.1) is 0 Å². The Kier molecular flexibility index (Phi) is 6.84. The van der Waals surface area contributed by atoms with Crippen molar-refractivity contribution in [3.05, 3.63) is 0 Å². The SMILES string of the molecule is CCC(=O)N1CC(NCCC(C)C)CC(C(C)C)C1. The lowest BCUT2D eigenvalue weighted by Gasteiger charge is -2.40. The van der Waals surface area contributed by atoms with Crippen molar-refractivity contribution in [2.24, 2.45) is 17.8 Å². The highest BCUT2D eigenvalue weighted by Crippen LogP contribution is 2.24. The molecule has 0 bridgehead atoms. The summed E-state index contributed by atoms with van der Waals surface area (Å²) in [7, 11) is 0. The molecule has 2 unspecified atom stereocenters. The maximum atomic E-state index is 12.0. The van der Waals surface area contributed by atoms with E-state index in [0.29, 0.717) is 30.2 Å². The van der Waals surface area contributed by atoms with Crippen LogP contribution in [0.4, 0.5) is 0 Å². The van der Waals surface area contributed by atoms with E-state index >= 15 is 0 Å². The first kappa shape index (κ1) is 16.5. The van der Waals surface area contributed by atoms with Crippen LogP contribution in [0, 0.1) is 17.8 Å². The molecule has 0 aliphatic carbocycles.